The van der Waals surface area contributed by atoms with Crippen LogP contribution in [0.15, 0.2) is 53.4 Å². The number of para-hydroxylation sites is 1. The molecule has 0 aliphatic heterocycles. The number of alkyl halides is 3. The number of thioether (sulfide) groups is 1. The molecule has 0 aliphatic rings. The van der Waals surface area contributed by atoms with E-state index in [2.05, 4.69) is 4.74 Å². The first-order valence-electron chi connectivity index (χ1n) is 7.73. The van der Waals surface area contributed by atoms with Gasteiger partial charge < -0.3 is 9.84 Å². The normalized spacial score (nSPS) is 13.5. The number of hydrogen-bond acceptors (Lipinski definition) is 5. The fourth-order valence-electron chi connectivity index (χ4n) is 2.16. The summed E-state index contributed by atoms with van der Waals surface area (Å²) in [4.78, 5) is 25.2. The summed E-state index contributed by atoms with van der Waals surface area (Å²) in [5.74, 6) is -1.65. The summed E-state index contributed by atoms with van der Waals surface area (Å²) in [7, 11) is 1.18. The van der Waals surface area contributed by atoms with Crippen LogP contribution in [0.25, 0.3) is 0 Å². The van der Waals surface area contributed by atoms with E-state index >= 15 is 0 Å². The zero-order valence-corrected chi connectivity index (χ0v) is 16.2. The molecule has 10 heteroatoms. The van der Waals surface area contributed by atoms with Crippen molar-refractivity contribution in [2.45, 2.75) is 23.6 Å². The van der Waals surface area contributed by atoms with Crippen molar-refractivity contribution in [3.63, 3.8) is 0 Å². The van der Waals surface area contributed by atoms with Crippen molar-refractivity contribution >= 4 is 45.9 Å². The number of halogens is 4. The standard InChI is InChI=1S/C18H15ClF3NO4S/c1-17(26,18(20,21)22)15(24)23(14-9-4-3-8-13(14)19)11-6-5-7-12(10-11)28-16(25)27-2/h3-10,26H,1-2H3. The third kappa shape index (κ3) is 4.60. The van der Waals surface area contributed by atoms with Crippen LogP contribution in [0, 0.1) is 0 Å². The molecule has 28 heavy (non-hydrogen) atoms. The maximum Gasteiger partial charge on any atom is 0.426 e. The number of methoxy groups -OCH3 is 1. The minimum atomic E-state index is -5.22. The summed E-state index contributed by atoms with van der Waals surface area (Å²) in [6.07, 6.45) is -5.22. The number of nitrogens with zero attached hydrogens (tertiary/aromatic N) is 1. The minimum absolute atomic E-state index is 0.000140. The Morgan fingerprint density at radius 1 is 1.14 bits per heavy atom. The Hall–Kier alpha value is -2.23. The molecular formula is C18H15ClF3NO4S. The van der Waals surface area contributed by atoms with Crippen molar-refractivity contribution in [1.29, 1.82) is 0 Å². The van der Waals surface area contributed by atoms with E-state index in [4.69, 9.17) is 11.6 Å². The third-order valence-corrected chi connectivity index (χ3v) is 4.85. The van der Waals surface area contributed by atoms with Crippen molar-refractivity contribution < 1.29 is 32.6 Å². The van der Waals surface area contributed by atoms with Gasteiger partial charge in [-0.05, 0) is 49.0 Å². The second-order valence-electron chi connectivity index (χ2n) is 5.72. The van der Waals surface area contributed by atoms with Crippen LogP contribution in [-0.4, -0.2) is 35.2 Å². The van der Waals surface area contributed by atoms with Crippen LogP contribution in [0.5, 0.6) is 0 Å². The summed E-state index contributed by atoms with van der Waals surface area (Å²) in [5.41, 5.74) is -3.74. The van der Waals surface area contributed by atoms with E-state index in [1.54, 1.807) is 6.07 Å². The first-order chi connectivity index (χ1) is 13.0. The largest absolute Gasteiger partial charge is 0.461 e. The SMILES string of the molecule is COC(=O)Sc1cccc(N(C(=O)C(C)(O)C(F)(F)F)c2ccccc2Cl)c1. The predicted octanol–water partition coefficient (Wildman–Crippen LogP) is 5.18. The van der Waals surface area contributed by atoms with Gasteiger partial charge in [0.25, 0.3) is 5.91 Å². The topological polar surface area (TPSA) is 66.8 Å². The molecule has 0 spiro atoms. The number of carbonyl (C=O) groups is 2. The molecule has 0 bridgehead atoms. The van der Waals surface area contributed by atoms with Gasteiger partial charge in [-0.25, -0.2) is 4.79 Å². The second kappa shape index (κ2) is 8.42. The van der Waals surface area contributed by atoms with Crippen LogP contribution >= 0.6 is 23.4 Å². The highest BCUT2D eigenvalue weighted by Gasteiger charge is 2.57. The zero-order chi connectivity index (χ0) is 21.1. The zero-order valence-electron chi connectivity index (χ0n) is 14.7. The second-order valence-corrected chi connectivity index (χ2v) is 7.13. The highest BCUT2D eigenvalue weighted by molar-refractivity contribution is 8.13. The molecular weight excluding hydrogens is 419 g/mol. The number of anilines is 2. The van der Waals surface area contributed by atoms with E-state index in [9.17, 15) is 27.9 Å². The predicted molar refractivity (Wildman–Crippen MR) is 100.0 cm³/mol. The van der Waals surface area contributed by atoms with Crippen LogP contribution in [0.4, 0.5) is 29.3 Å². The van der Waals surface area contributed by atoms with Crippen molar-refractivity contribution in [2.24, 2.45) is 0 Å². The molecule has 0 fully saturated rings. The van der Waals surface area contributed by atoms with Crippen molar-refractivity contribution in [3.05, 3.63) is 53.6 Å². The Labute approximate surface area is 168 Å². The number of benzene rings is 2. The van der Waals surface area contributed by atoms with Crippen molar-refractivity contribution in [2.75, 3.05) is 12.0 Å². The van der Waals surface area contributed by atoms with Gasteiger partial charge in [0.1, 0.15) is 0 Å². The Bertz CT molecular complexity index is 889. The smallest absolute Gasteiger partial charge is 0.426 e. The molecule has 2 aromatic rings. The molecule has 0 heterocycles. The highest BCUT2D eigenvalue weighted by atomic mass is 35.5. The van der Waals surface area contributed by atoms with Crippen LogP contribution in [0.1, 0.15) is 6.92 Å². The molecule has 2 rings (SSSR count). The van der Waals surface area contributed by atoms with E-state index in [0.717, 1.165) is 0 Å². The Morgan fingerprint density at radius 3 is 2.36 bits per heavy atom. The highest BCUT2D eigenvalue weighted by Crippen LogP contribution is 2.39. The molecule has 5 nitrogen and oxygen atoms in total. The third-order valence-electron chi connectivity index (χ3n) is 3.71. The number of ether oxygens (including phenoxy) is 1. The lowest BCUT2D eigenvalue weighted by Crippen LogP contribution is -2.55. The van der Waals surface area contributed by atoms with Gasteiger partial charge in [-0.15, -0.1) is 0 Å². The fourth-order valence-corrected chi connectivity index (χ4v) is 2.98. The monoisotopic (exact) mass is 433 g/mol. The Kier molecular flexibility index (Phi) is 6.63. The quantitative estimate of drug-likeness (QED) is 0.531. The van der Waals surface area contributed by atoms with Crippen LogP contribution in [0.2, 0.25) is 5.02 Å². The molecule has 1 atom stereocenters. The lowest BCUT2D eigenvalue weighted by Gasteiger charge is -2.32. The minimum Gasteiger partial charge on any atom is -0.461 e. The number of hydrogen-bond donors (Lipinski definition) is 1. The average Bonchev–Trinajstić information content (AvgIpc) is 2.62. The molecule has 0 radical (unpaired) electrons. The average molecular weight is 434 g/mol. The summed E-state index contributed by atoms with van der Waals surface area (Å²) in [5, 5.41) is 9.27. The Balaban J connectivity index is 2.61. The van der Waals surface area contributed by atoms with Gasteiger partial charge in [-0.1, -0.05) is 29.8 Å². The number of amides is 1. The summed E-state index contributed by atoms with van der Waals surface area (Å²) in [6.45, 7) is 0.367. The Morgan fingerprint density at radius 2 is 1.79 bits per heavy atom. The van der Waals surface area contributed by atoms with Gasteiger partial charge in [-0.3, -0.25) is 9.69 Å². The molecule has 0 aromatic heterocycles. The number of rotatable bonds is 4. The summed E-state index contributed by atoms with van der Waals surface area (Å²) >= 11 is 6.77. The molecule has 0 saturated heterocycles. The van der Waals surface area contributed by atoms with Crippen molar-refractivity contribution in [3.8, 4) is 0 Å². The van der Waals surface area contributed by atoms with E-state index < -0.39 is 23.0 Å². The maximum atomic E-state index is 13.3. The molecule has 0 aliphatic carbocycles. The molecule has 1 unspecified atom stereocenters. The van der Waals surface area contributed by atoms with Crippen molar-refractivity contribution in [1.82, 2.24) is 0 Å². The van der Waals surface area contributed by atoms with Gasteiger partial charge in [0.15, 0.2) is 0 Å². The number of carbonyl (C=O) groups excluding carboxylic acids is 2. The first kappa shape index (κ1) is 22.1. The van der Waals surface area contributed by atoms with Crippen LogP contribution < -0.4 is 4.90 Å². The van der Waals surface area contributed by atoms with Gasteiger partial charge >= 0.3 is 11.5 Å². The van der Waals surface area contributed by atoms with Crippen LogP contribution in [0.3, 0.4) is 0 Å². The van der Waals surface area contributed by atoms with Gasteiger partial charge in [0.2, 0.25) is 5.60 Å². The van der Waals surface area contributed by atoms with Gasteiger partial charge in [0.05, 0.1) is 23.5 Å². The molecule has 2 aromatic carbocycles. The van der Waals surface area contributed by atoms with E-state index in [0.29, 0.717) is 28.5 Å². The van der Waals surface area contributed by atoms with E-state index in [-0.39, 0.29) is 16.4 Å². The van der Waals surface area contributed by atoms with Crippen LogP contribution in [-0.2, 0) is 9.53 Å². The number of aliphatic hydroxyl groups is 1. The van der Waals surface area contributed by atoms with Gasteiger partial charge in [0, 0.05) is 4.90 Å². The molecule has 1 N–H and O–H groups in total. The first-order valence-corrected chi connectivity index (χ1v) is 8.92. The van der Waals surface area contributed by atoms with E-state index in [1.807, 2.05) is 0 Å². The fraction of sp³-hybridized carbons (Fsp3) is 0.222. The molecule has 150 valence electrons. The summed E-state index contributed by atoms with van der Waals surface area (Å²) in [6, 6.07) is 11.4. The van der Waals surface area contributed by atoms with E-state index in [1.165, 1.54) is 49.6 Å². The molecule has 0 saturated carbocycles. The van der Waals surface area contributed by atoms with Gasteiger partial charge in [-0.2, -0.15) is 13.2 Å². The maximum absolute atomic E-state index is 13.3. The lowest BCUT2D eigenvalue weighted by molar-refractivity contribution is -0.243. The summed E-state index contributed by atoms with van der Waals surface area (Å²) < 4.78 is 44.4. The lowest BCUT2D eigenvalue weighted by atomic mass is 10.0. The molecule has 1 amide bonds.